The summed E-state index contributed by atoms with van der Waals surface area (Å²) in [5.74, 6) is -0.0984. The summed E-state index contributed by atoms with van der Waals surface area (Å²) in [6, 6.07) is -0.493. The Bertz CT molecular complexity index is 242. The van der Waals surface area contributed by atoms with Crippen LogP contribution in [-0.4, -0.2) is 49.4 Å². The molecular weight excluding hydrogens is 182 g/mol. The number of nitrogens with zero attached hydrogens (tertiary/aromatic N) is 1. The molecule has 14 heavy (non-hydrogen) atoms. The Morgan fingerprint density at radius 3 is 2.64 bits per heavy atom. The van der Waals surface area contributed by atoms with Crippen molar-refractivity contribution in [3.63, 3.8) is 0 Å². The van der Waals surface area contributed by atoms with Crippen LogP contribution < -0.4 is 10.6 Å². The highest BCUT2D eigenvalue weighted by molar-refractivity contribution is 5.90. The van der Waals surface area contributed by atoms with Gasteiger partial charge in [-0.2, -0.15) is 0 Å². The lowest BCUT2D eigenvalue weighted by molar-refractivity contribution is -0.137. The predicted molar refractivity (Wildman–Crippen MR) is 52.7 cm³/mol. The van der Waals surface area contributed by atoms with E-state index in [-0.39, 0.29) is 23.9 Å². The van der Waals surface area contributed by atoms with Crippen molar-refractivity contribution in [1.29, 1.82) is 0 Å². The normalized spacial score (nSPS) is 23.8. The van der Waals surface area contributed by atoms with Gasteiger partial charge in [0.15, 0.2) is 0 Å². The summed E-state index contributed by atoms with van der Waals surface area (Å²) in [7, 11) is 3.34. The Kier molecular flexibility index (Phi) is 3.46. The van der Waals surface area contributed by atoms with E-state index in [1.807, 2.05) is 0 Å². The van der Waals surface area contributed by atoms with Gasteiger partial charge < -0.3 is 15.5 Å². The SMILES string of the molecule is CNC(=O)C(C)N1CCC(NC)C1=O. The van der Waals surface area contributed by atoms with Gasteiger partial charge in [0.2, 0.25) is 11.8 Å². The Labute approximate surface area is 83.8 Å². The van der Waals surface area contributed by atoms with Crippen molar-refractivity contribution in [2.75, 3.05) is 20.6 Å². The van der Waals surface area contributed by atoms with Gasteiger partial charge in [-0.05, 0) is 20.4 Å². The molecule has 2 atom stereocenters. The maximum Gasteiger partial charge on any atom is 0.242 e. The van der Waals surface area contributed by atoms with Crippen LogP contribution in [0.25, 0.3) is 0 Å². The van der Waals surface area contributed by atoms with Gasteiger partial charge in [0, 0.05) is 13.6 Å². The zero-order chi connectivity index (χ0) is 10.7. The summed E-state index contributed by atoms with van der Waals surface area (Å²) >= 11 is 0. The van der Waals surface area contributed by atoms with E-state index >= 15 is 0 Å². The standard InChI is InChI=1S/C9H17N3O2/c1-6(8(13)11-3)12-5-4-7(10-2)9(12)14/h6-7,10H,4-5H2,1-3H3,(H,11,13). The van der Waals surface area contributed by atoms with Gasteiger partial charge in [0.1, 0.15) is 6.04 Å². The van der Waals surface area contributed by atoms with Crippen molar-refractivity contribution in [2.45, 2.75) is 25.4 Å². The monoisotopic (exact) mass is 199 g/mol. The molecule has 80 valence electrons. The van der Waals surface area contributed by atoms with Crippen LogP contribution in [0.1, 0.15) is 13.3 Å². The van der Waals surface area contributed by atoms with Gasteiger partial charge in [0.05, 0.1) is 6.04 Å². The van der Waals surface area contributed by atoms with E-state index in [1.165, 1.54) is 0 Å². The van der Waals surface area contributed by atoms with Crippen molar-refractivity contribution in [1.82, 2.24) is 15.5 Å². The van der Waals surface area contributed by atoms with Crippen molar-refractivity contribution in [2.24, 2.45) is 0 Å². The molecule has 0 bridgehead atoms. The van der Waals surface area contributed by atoms with Gasteiger partial charge in [-0.1, -0.05) is 0 Å². The molecule has 0 aliphatic carbocycles. The minimum Gasteiger partial charge on any atom is -0.357 e. The van der Waals surface area contributed by atoms with Crippen LogP contribution >= 0.6 is 0 Å². The lowest BCUT2D eigenvalue weighted by Gasteiger charge is -2.23. The second-order valence-corrected chi connectivity index (χ2v) is 3.45. The van der Waals surface area contributed by atoms with Gasteiger partial charge in [0.25, 0.3) is 0 Å². The van der Waals surface area contributed by atoms with E-state index < -0.39 is 0 Å². The molecule has 0 aromatic carbocycles. The van der Waals surface area contributed by atoms with Crippen LogP contribution in [0.3, 0.4) is 0 Å². The highest BCUT2D eigenvalue weighted by Gasteiger charge is 2.35. The average molecular weight is 199 g/mol. The molecule has 5 nitrogen and oxygen atoms in total. The first kappa shape index (κ1) is 11.0. The van der Waals surface area contributed by atoms with Gasteiger partial charge in [-0.25, -0.2) is 0 Å². The zero-order valence-corrected chi connectivity index (χ0v) is 8.83. The fourth-order valence-electron chi connectivity index (χ4n) is 1.70. The third kappa shape index (κ3) is 1.87. The van der Waals surface area contributed by atoms with Crippen LogP contribution in [-0.2, 0) is 9.59 Å². The molecule has 2 amide bonds. The van der Waals surface area contributed by atoms with Crippen LogP contribution in [0.15, 0.2) is 0 Å². The third-order valence-electron chi connectivity index (χ3n) is 2.68. The second-order valence-electron chi connectivity index (χ2n) is 3.45. The summed E-state index contributed by atoms with van der Waals surface area (Å²) in [5.41, 5.74) is 0. The van der Waals surface area contributed by atoms with Crippen molar-refractivity contribution < 1.29 is 9.59 Å². The number of rotatable bonds is 3. The molecular formula is C9H17N3O2. The Morgan fingerprint density at radius 2 is 2.21 bits per heavy atom. The fourth-order valence-corrected chi connectivity index (χ4v) is 1.70. The van der Waals surface area contributed by atoms with Gasteiger partial charge >= 0.3 is 0 Å². The second kappa shape index (κ2) is 4.41. The molecule has 1 aliphatic heterocycles. The number of carbonyl (C=O) groups is 2. The summed E-state index contributed by atoms with van der Waals surface area (Å²) in [6.45, 7) is 2.40. The van der Waals surface area contributed by atoms with Crippen molar-refractivity contribution in [3.05, 3.63) is 0 Å². The molecule has 1 heterocycles. The molecule has 2 N–H and O–H groups in total. The average Bonchev–Trinajstić information content (AvgIpc) is 2.57. The minimum absolute atomic E-state index is 0.0172. The molecule has 2 unspecified atom stereocenters. The van der Waals surface area contributed by atoms with Crippen LogP contribution in [0, 0.1) is 0 Å². The van der Waals surface area contributed by atoms with Crippen molar-refractivity contribution in [3.8, 4) is 0 Å². The lowest BCUT2D eigenvalue weighted by atomic mass is 10.2. The Morgan fingerprint density at radius 1 is 1.57 bits per heavy atom. The molecule has 1 fully saturated rings. The van der Waals surface area contributed by atoms with E-state index in [1.54, 1.807) is 25.9 Å². The lowest BCUT2D eigenvalue weighted by Crippen LogP contribution is -2.47. The topological polar surface area (TPSA) is 61.4 Å². The number of likely N-dealkylation sites (tertiary alicyclic amines) is 1. The largest absolute Gasteiger partial charge is 0.357 e. The first-order valence-corrected chi connectivity index (χ1v) is 4.81. The third-order valence-corrected chi connectivity index (χ3v) is 2.68. The quantitative estimate of drug-likeness (QED) is 0.609. The molecule has 0 saturated carbocycles. The van der Waals surface area contributed by atoms with Crippen molar-refractivity contribution >= 4 is 11.8 Å². The molecule has 1 rings (SSSR count). The predicted octanol–water partition coefficient (Wildman–Crippen LogP) is -1.06. The first-order valence-electron chi connectivity index (χ1n) is 4.81. The van der Waals surface area contributed by atoms with Crippen LogP contribution in [0.4, 0.5) is 0 Å². The maximum atomic E-state index is 11.7. The molecule has 0 spiro atoms. The summed E-state index contributed by atoms with van der Waals surface area (Å²) < 4.78 is 0. The van der Waals surface area contributed by atoms with Crippen LogP contribution in [0.5, 0.6) is 0 Å². The van der Waals surface area contributed by atoms with E-state index in [9.17, 15) is 9.59 Å². The first-order chi connectivity index (χ1) is 6.61. The summed E-state index contributed by atoms with van der Waals surface area (Å²) in [4.78, 5) is 24.6. The molecule has 0 radical (unpaired) electrons. The van der Waals surface area contributed by atoms with E-state index in [0.717, 1.165) is 6.42 Å². The van der Waals surface area contributed by atoms with E-state index in [0.29, 0.717) is 6.54 Å². The number of amides is 2. The zero-order valence-electron chi connectivity index (χ0n) is 8.83. The highest BCUT2D eigenvalue weighted by atomic mass is 16.2. The molecule has 1 saturated heterocycles. The van der Waals surface area contributed by atoms with E-state index in [2.05, 4.69) is 10.6 Å². The number of carbonyl (C=O) groups excluding carboxylic acids is 2. The number of hydrogen-bond acceptors (Lipinski definition) is 3. The number of hydrogen-bond donors (Lipinski definition) is 2. The Balaban J connectivity index is 2.63. The Hall–Kier alpha value is -1.10. The molecule has 1 aliphatic rings. The minimum atomic E-state index is -0.370. The van der Waals surface area contributed by atoms with Gasteiger partial charge in [-0.15, -0.1) is 0 Å². The number of likely N-dealkylation sites (N-methyl/N-ethyl adjacent to an activating group) is 2. The fraction of sp³-hybridized carbons (Fsp3) is 0.778. The molecule has 0 aromatic heterocycles. The highest BCUT2D eigenvalue weighted by Crippen LogP contribution is 2.14. The van der Waals surface area contributed by atoms with Gasteiger partial charge in [-0.3, -0.25) is 9.59 Å². The maximum absolute atomic E-state index is 11.7. The summed E-state index contributed by atoms with van der Waals surface area (Å²) in [5, 5.41) is 5.47. The van der Waals surface area contributed by atoms with E-state index in [4.69, 9.17) is 0 Å². The summed E-state index contributed by atoms with van der Waals surface area (Å²) in [6.07, 6.45) is 0.774. The van der Waals surface area contributed by atoms with Crippen LogP contribution in [0.2, 0.25) is 0 Å². The molecule has 5 heteroatoms. The smallest absolute Gasteiger partial charge is 0.242 e. The molecule has 0 aromatic rings. The number of nitrogens with one attached hydrogen (secondary N) is 2.